The van der Waals surface area contributed by atoms with Crippen LogP contribution in [0, 0.1) is 12.8 Å². The summed E-state index contributed by atoms with van der Waals surface area (Å²) in [6.45, 7) is 11.5. The smallest absolute Gasteiger partial charge is 0.151 e. The van der Waals surface area contributed by atoms with Gasteiger partial charge in [0.05, 0.1) is 5.69 Å². The van der Waals surface area contributed by atoms with Gasteiger partial charge in [-0.2, -0.15) is 5.10 Å². The molecule has 0 N–H and O–H groups in total. The topological polar surface area (TPSA) is 35.5 Å². The minimum Gasteiger partial charge on any atom is -0.355 e. The molecule has 0 bridgehead atoms. The molecule has 0 amide bonds. The summed E-state index contributed by atoms with van der Waals surface area (Å²) < 4.78 is 0. The second-order valence-electron chi connectivity index (χ2n) is 6.94. The van der Waals surface area contributed by atoms with Gasteiger partial charge in [-0.05, 0) is 51.8 Å². The Bertz CT molecular complexity index is 458. The number of nitrogens with zero attached hydrogens (tertiary/aromatic N) is 5. The van der Waals surface area contributed by atoms with Crippen molar-refractivity contribution in [2.75, 3.05) is 51.2 Å². The van der Waals surface area contributed by atoms with Crippen LogP contribution in [0.3, 0.4) is 0 Å². The van der Waals surface area contributed by atoms with Crippen molar-refractivity contribution >= 4 is 5.82 Å². The summed E-state index contributed by atoms with van der Waals surface area (Å²) in [4.78, 5) is 7.51. The first-order valence-corrected chi connectivity index (χ1v) is 8.61. The fourth-order valence-corrected chi connectivity index (χ4v) is 3.70. The summed E-state index contributed by atoms with van der Waals surface area (Å²) in [5.41, 5.74) is 0.988. The molecule has 0 spiro atoms. The van der Waals surface area contributed by atoms with E-state index in [4.69, 9.17) is 0 Å². The Labute approximate surface area is 134 Å². The maximum Gasteiger partial charge on any atom is 0.151 e. The Morgan fingerprint density at radius 2 is 1.68 bits per heavy atom. The normalized spacial score (nSPS) is 23.7. The van der Waals surface area contributed by atoms with Gasteiger partial charge in [-0.3, -0.25) is 4.90 Å². The van der Waals surface area contributed by atoms with Crippen LogP contribution in [0.1, 0.15) is 25.5 Å². The Morgan fingerprint density at radius 3 is 2.27 bits per heavy atom. The lowest BCUT2D eigenvalue weighted by molar-refractivity contribution is 0.0813. The van der Waals surface area contributed by atoms with E-state index in [9.17, 15) is 0 Å². The molecule has 0 unspecified atom stereocenters. The Balaban J connectivity index is 1.51. The molecule has 2 aliphatic heterocycles. The highest BCUT2D eigenvalue weighted by molar-refractivity contribution is 5.37. The second kappa shape index (κ2) is 6.92. The zero-order valence-corrected chi connectivity index (χ0v) is 14.2. The van der Waals surface area contributed by atoms with Crippen LogP contribution in [-0.4, -0.2) is 72.4 Å². The van der Waals surface area contributed by atoms with E-state index in [0.29, 0.717) is 6.04 Å². The number of anilines is 1. The molecule has 5 heteroatoms. The second-order valence-corrected chi connectivity index (χ2v) is 6.94. The van der Waals surface area contributed by atoms with Gasteiger partial charge in [-0.25, -0.2) is 0 Å². The number of piperidine rings is 1. The van der Waals surface area contributed by atoms with Crippen LogP contribution in [0.5, 0.6) is 0 Å². The molecule has 2 aliphatic rings. The van der Waals surface area contributed by atoms with Gasteiger partial charge in [0, 0.05) is 45.3 Å². The van der Waals surface area contributed by atoms with Gasteiger partial charge in [-0.15, -0.1) is 5.10 Å². The van der Waals surface area contributed by atoms with Crippen molar-refractivity contribution in [3.63, 3.8) is 0 Å². The van der Waals surface area contributed by atoms with Crippen molar-refractivity contribution in [1.82, 2.24) is 20.0 Å². The summed E-state index contributed by atoms with van der Waals surface area (Å²) >= 11 is 0. The Kier molecular flexibility index (Phi) is 4.93. The lowest BCUT2D eigenvalue weighted by atomic mass is 9.89. The van der Waals surface area contributed by atoms with Gasteiger partial charge in [0.1, 0.15) is 0 Å². The average molecular weight is 303 g/mol. The van der Waals surface area contributed by atoms with Crippen LogP contribution < -0.4 is 4.90 Å². The van der Waals surface area contributed by atoms with Gasteiger partial charge in [0.25, 0.3) is 0 Å². The average Bonchev–Trinajstić information content (AvgIpc) is 2.56. The summed E-state index contributed by atoms with van der Waals surface area (Å²) in [6, 6.07) is 4.87. The first-order chi connectivity index (χ1) is 10.6. The lowest BCUT2D eigenvalue weighted by Crippen LogP contribution is -2.51. The number of aryl methyl sites for hydroxylation is 1. The molecule has 0 aliphatic carbocycles. The largest absolute Gasteiger partial charge is 0.355 e. The number of hydrogen-bond acceptors (Lipinski definition) is 5. The van der Waals surface area contributed by atoms with Gasteiger partial charge in [-0.1, -0.05) is 0 Å². The third-order valence-corrected chi connectivity index (χ3v) is 5.44. The van der Waals surface area contributed by atoms with E-state index in [1.165, 1.54) is 39.0 Å². The third kappa shape index (κ3) is 3.58. The van der Waals surface area contributed by atoms with E-state index in [2.05, 4.69) is 51.0 Å². The first-order valence-electron chi connectivity index (χ1n) is 8.61. The molecule has 1 aromatic rings. The molecule has 3 rings (SSSR count). The highest BCUT2D eigenvalue weighted by Gasteiger charge is 2.29. The Morgan fingerprint density at radius 1 is 1.00 bits per heavy atom. The van der Waals surface area contributed by atoms with Gasteiger partial charge in [0.2, 0.25) is 0 Å². The fraction of sp³-hybridized carbons (Fsp3) is 0.765. The zero-order valence-electron chi connectivity index (χ0n) is 14.2. The summed E-state index contributed by atoms with van der Waals surface area (Å²) in [5, 5.41) is 8.51. The number of aromatic nitrogens is 2. The quantitative estimate of drug-likeness (QED) is 0.848. The van der Waals surface area contributed by atoms with Crippen LogP contribution in [0.2, 0.25) is 0 Å². The predicted molar refractivity (Wildman–Crippen MR) is 90.2 cm³/mol. The monoisotopic (exact) mass is 303 g/mol. The molecule has 0 radical (unpaired) electrons. The SMILES string of the molecule is Cc1ccc(N2CCC([C@H](C)N3CCN(C)CC3)CC2)nn1. The van der Waals surface area contributed by atoms with Crippen molar-refractivity contribution in [3.05, 3.63) is 17.8 Å². The van der Waals surface area contributed by atoms with Crippen molar-refractivity contribution in [2.45, 2.75) is 32.7 Å². The molecule has 1 aromatic heterocycles. The maximum absolute atomic E-state index is 4.33. The third-order valence-electron chi connectivity index (χ3n) is 5.44. The lowest BCUT2D eigenvalue weighted by Gasteiger charge is -2.42. The molecule has 3 heterocycles. The van der Waals surface area contributed by atoms with E-state index in [1.54, 1.807) is 0 Å². The minimum absolute atomic E-state index is 0.708. The fourth-order valence-electron chi connectivity index (χ4n) is 3.70. The molecule has 2 saturated heterocycles. The van der Waals surface area contributed by atoms with Crippen molar-refractivity contribution in [1.29, 1.82) is 0 Å². The first kappa shape index (κ1) is 15.7. The molecule has 0 aromatic carbocycles. The standard InChI is InChI=1S/C17H29N5/c1-14-4-5-17(19-18-14)22-8-6-16(7-9-22)15(2)21-12-10-20(3)11-13-21/h4-5,15-16H,6-13H2,1-3H3/t15-/m0/s1. The minimum atomic E-state index is 0.708. The summed E-state index contributed by atoms with van der Waals surface area (Å²) in [7, 11) is 2.23. The summed E-state index contributed by atoms with van der Waals surface area (Å²) in [5.74, 6) is 1.86. The number of likely N-dealkylation sites (N-methyl/N-ethyl adjacent to an activating group) is 1. The number of rotatable bonds is 3. The predicted octanol–water partition coefficient (Wildman–Crippen LogP) is 1.64. The van der Waals surface area contributed by atoms with Crippen molar-refractivity contribution in [2.24, 2.45) is 5.92 Å². The molecular weight excluding hydrogens is 274 g/mol. The zero-order chi connectivity index (χ0) is 15.5. The van der Waals surface area contributed by atoms with E-state index >= 15 is 0 Å². The number of hydrogen-bond donors (Lipinski definition) is 0. The van der Waals surface area contributed by atoms with E-state index < -0.39 is 0 Å². The molecular formula is C17H29N5. The van der Waals surface area contributed by atoms with Crippen LogP contribution in [0.15, 0.2) is 12.1 Å². The molecule has 1 atom stereocenters. The molecule has 22 heavy (non-hydrogen) atoms. The highest BCUT2D eigenvalue weighted by Crippen LogP contribution is 2.26. The molecule has 122 valence electrons. The van der Waals surface area contributed by atoms with Crippen LogP contribution in [-0.2, 0) is 0 Å². The van der Waals surface area contributed by atoms with Crippen molar-refractivity contribution < 1.29 is 0 Å². The molecule has 5 nitrogen and oxygen atoms in total. The molecule has 0 saturated carbocycles. The van der Waals surface area contributed by atoms with E-state index in [-0.39, 0.29) is 0 Å². The van der Waals surface area contributed by atoms with E-state index in [0.717, 1.165) is 30.5 Å². The number of piperazine rings is 1. The van der Waals surface area contributed by atoms with Gasteiger partial charge in [0.15, 0.2) is 5.82 Å². The van der Waals surface area contributed by atoms with Crippen LogP contribution in [0.4, 0.5) is 5.82 Å². The van der Waals surface area contributed by atoms with Crippen LogP contribution in [0.25, 0.3) is 0 Å². The van der Waals surface area contributed by atoms with Crippen molar-refractivity contribution in [3.8, 4) is 0 Å². The van der Waals surface area contributed by atoms with Crippen LogP contribution >= 0.6 is 0 Å². The van der Waals surface area contributed by atoms with E-state index in [1.807, 2.05) is 6.92 Å². The highest BCUT2D eigenvalue weighted by atomic mass is 15.3. The Hall–Kier alpha value is -1.20. The maximum atomic E-state index is 4.33. The van der Waals surface area contributed by atoms with Gasteiger partial charge < -0.3 is 9.80 Å². The van der Waals surface area contributed by atoms with Gasteiger partial charge >= 0.3 is 0 Å². The molecule has 2 fully saturated rings. The summed E-state index contributed by atoms with van der Waals surface area (Å²) in [6.07, 6.45) is 2.53.